The molecule has 30 heavy (non-hydrogen) atoms. The molecule has 1 aliphatic heterocycles. The number of amides is 2. The number of rotatable bonds is 5. The summed E-state index contributed by atoms with van der Waals surface area (Å²) in [5.41, 5.74) is -0.984. The lowest BCUT2D eigenvalue weighted by Gasteiger charge is -2.33. The zero-order valence-corrected chi connectivity index (χ0v) is 20.4. The Morgan fingerprint density at radius 1 is 1.27 bits per heavy atom. The van der Waals surface area contributed by atoms with Gasteiger partial charge in [0.15, 0.2) is 6.10 Å². The van der Waals surface area contributed by atoms with Gasteiger partial charge in [-0.2, -0.15) is 0 Å². The van der Waals surface area contributed by atoms with Crippen LogP contribution in [0.3, 0.4) is 0 Å². The number of carbonyl (C=O) groups is 3. The number of nitrogens with zero attached hydrogens (tertiary/aromatic N) is 1. The van der Waals surface area contributed by atoms with Crippen LogP contribution < -0.4 is 10.6 Å². The van der Waals surface area contributed by atoms with E-state index in [0.717, 1.165) is 11.4 Å². The molecule has 1 unspecified atom stereocenters. The summed E-state index contributed by atoms with van der Waals surface area (Å²) in [5.74, 6) is -1.08. The van der Waals surface area contributed by atoms with E-state index in [4.69, 9.17) is 13.8 Å². The molecule has 2 amide bonds. The van der Waals surface area contributed by atoms with E-state index in [-0.39, 0.29) is 32.1 Å². The maximum Gasteiger partial charge on any atom is 0.389 e. The molecule has 0 saturated carbocycles. The fourth-order valence-electron chi connectivity index (χ4n) is 2.42. The molecule has 2 N–H and O–H groups in total. The van der Waals surface area contributed by atoms with E-state index in [1.807, 2.05) is 21.1 Å². The third kappa shape index (κ3) is 10.3. The van der Waals surface area contributed by atoms with Crippen molar-refractivity contribution in [2.24, 2.45) is 5.41 Å². The predicted molar refractivity (Wildman–Crippen MR) is 115 cm³/mol. The van der Waals surface area contributed by atoms with Gasteiger partial charge in [-0.25, -0.2) is 4.57 Å². The first-order valence-corrected chi connectivity index (χ1v) is 12.9. The van der Waals surface area contributed by atoms with Crippen molar-refractivity contribution in [3.63, 3.8) is 0 Å². The Hall–Kier alpha value is -1.13. The highest BCUT2D eigenvalue weighted by molar-refractivity contribution is 8.55. The van der Waals surface area contributed by atoms with Gasteiger partial charge in [0.1, 0.15) is 13.2 Å². The molecule has 1 fully saturated rings. The third-order valence-corrected chi connectivity index (χ3v) is 7.94. The number of likely N-dealkylation sites (N-methyl/N-ethyl adjacent to an activating group) is 1. The first-order valence-electron chi connectivity index (χ1n) is 9.80. The van der Waals surface area contributed by atoms with Crippen molar-refractivity contribution in [2.75, 3.05) is 59.7 Å². The van der Waals surface area contributed by atoms with Crippen LogP contribution in [0.5, 0.6) is 0 Å². The van der Waals surface area contributed by atoms with Crippen LogP contribution in [-0.2, 0) is 32.7 Å². The molecule has 1 heterocycles. The van der Waals surface area contributed by atoms with Crippen molar-refractivity contribution in [1.29, 1.82) is 0 Å². The Bertz CT molecular complexity index is 667. The van der Waals surface area contributed by atoms with Gasteiger partial charge in [-0.05, 0) is 11.4 Å². The molecule has 1 saturated heterocycles. The Morgan fingerprint density at radius 2 is 1.93 bits per heavy atom. The first kappa shape index (κ1) is 26.9. The minimum Gasteiger partial charge on any atom is -0.452 e. The Labute approximate surface area is 182 Å². The lowest BCUT2D eigenvalue weighted by Crippen LogP contribution is -2.49. The van der Waals surface area contributed by atoms with Crippen molar-refractivity contribution in [3.8, 4) is 0 Å². The van der Waals surface area contributed by atoms with Crippen LogP contribution in [0, 0.1) is 5.41 Å². The van der Waals surface area contributed by atoms with Crippen molar-refractivity contribution in [3.05, 3.63) is 0 Å². The third-order valence-electron chi connectivity index (χ3n) is 4.16. The van der Waals surface area contributed by atoms with Crippen LogP contribution in [-0.4, -0.2) is 88.1 Å². The van der Waals surface area contributed by atoms with E-state index in [2.05, 4.69) is 10.6 Å². The summed E-state index contributed by atoms with van der Waals surface area (Å²) >= 11 is 1.00. The molecule has 0 bridgehead atoms. The van der Waals surface area contributed by atoms with Crippen LogP contribution in [0.1, 0.15) is 27.2 Å². The maximum absolute atomic E-state index is 13.3. The lowest BCUT2D eigenvalue weighted by molar-refractivity contribution is -0.870. The largest absolute Gasteiger partial charge is 0.452 e. The number of esters is 1. The Balaban J connectivity index is 3.02. The maximum atomic E-state index is 13.3. The fraction of sp³-hybridized carbons (Fsp3) is 0.833. The second-order valence-electron chi connectivity index (χ2n) is 8.77. The quantitative estimate of drug-likeness (QED) is 0.350. The summed E-state index contributed by atoms with van der Waals surface area (Å²) in [6.07, 6.45) is -1.09. The normalized spacial score (nSPS) is 26.8. The van der Waals surface area contributed by atoms with Crippen molar-refractivity contribution < 1.29 is 37.2 Å². The molecule has 0 spiro atoms. The smallest absolute Gasteiger partial charge is 0.389 e. The molecule has 2 atom stereocenters. The van der Waals surface area contributed by atoms with Crippen LogP contribution >= 0.6 is 18.2 Å². The van der Waals surface area contributed by atoms with Gasteiger partial charge in [-0.15, -0.1) is 0 Å². The van der Waals surface area contributed by atoms with E-state index in [1.165, 1.54) is 6.92 Å². The topological polar surface area (TPSA) is 120 Å². The molecule has 0 aliphatic carbocycles. The molecule has 0 radical (unpaired) electrons. The van der Waals surface area contributed by atoms with Gasteiger partial charge in [0.05, 0.1) is 27.7 Å². The Morgan fingerprint density at radius 3 is 2.53 bits per heavy atom. The van der Waals surface area contributed by atoms with Gasteiger partial charge >= 0.3 is 12.8 Å². The molecule has 174 valence electrons. The summed E-state index contributed by atoms with van der Waals surface area (Å²) in [6.45, 7) is 2.11. The molecule has 1 rings (SSSR count). The Kier molecular flexibility index (Phi) is 10.3. The van der Waals surface area contributed by atoms with E-state index in [1.54, 1.807) is 13.8 Å². The molecule has 0 aromatic carbocycles. The first-order chi connectivity index (χ1) is 13.7. The van der Waals surface area contributed by atoms with Crippen molar-refractivity contribution in [2.45, 2.75) is 33.3 Å². The minimum atomic E-state index is -3.57. The van der Waals surface area contributed by atoms with Crippen LogP contribution in [0.15, 0.2) is 0 Å². The summed E-state index contributed by atoms with van der Waals surface area (Å²) in [5, 5.41) is 5.31. The highest BCUT2D eigenvalue weighted by Crippen LogP contribution is 2.61. The highest BCUT2D eigenvalue weighted by atomic mass is 32.7. The second-order valence-corrected chi connectivity index (χ2v) is 13.0. The van der Waals surface area contributed by atoms with Crippen molar-refractivity contribution >= 4 is 36.0 Å². The van der Waals surface area contributed by atoms with E-state index >= 15 is 0 Å². The van der Waals surface area contributed by atoms with Crippen LogP contribution in [0.25, 0.3) is 0 Å². The van der Waals surface area contributed by atoms with E-state index in [9.17, 15) is 18.9 Å². The summed E-state index contributed by atoms with van der Waals surface area (Å²) in [7, 11) is 5.96. The molecule has 0 aromatic heterocycles. The number of nitrogens with one attached hydrogen (secondary N) is 2. The zero-order valence-electron chi connectivity index (χ0n) is 18.7. The molecular formula is C18H35N3O7PS+. The van der Waals surface area contributed by atoms with E-state index < -0.39 is 30.2 Å². The van der Waals surface area contributed by atoms with Gasteiger partial charge in [-0.3, -0.25) is 18.9 Å². The fourth-order valence-corrected chi connectivity index (χ4v) is 5.63. The number of ether oxygens (including phenoxy) is 1. The van der Waals surface area contributed by atoms with Crippen LogP contribution in [0.2, 0.25) is 0 Å². The average molecular weight is 469 g/mol. The van der Waals surface area contributed by atoms with Crippen molar-refractivity contribution in [1.82, 2.24) is 10.6 Å². The van der Waals surface area contributed by atoms with Gasteiger partial charge in [-0.1, -0.05) is 13.8 Å². The monoisotopic (exact) mass is 468 g/mol. The van der Waals surface area contributed by atoms with E-state index in [0.29, 0.717) is 23.3 Å². The number of carbonyl (C=O) groups excluding carboxylic acids is 3. The molecule has 12 heteroatoms. The molecule has 0 aromatic rings. The average Bonchev–Trinajstić information content (AvgIpc) is 2.60. The minimum absolute atomic E-state index is 0.0811. The predicted octanol–water partition coefficient (Wildman–Crippen LogP) is 1.16. The van der Waals surface area contributed by atoms with Gasteiger partial charge < -0.3 is 24.4 Å². The number of hydrogen-bond donors (Lipinski definition) is 2. The highest BCUT2D eigenvalue weighted by Gasteiger charge is 2.41. The summed E-state index contributed by atoms with van der Waals surface area (Å²) < 4.78 is 30.5. The lowest BCUT2D eigenvalue weighted by atomic mass is 9.86. The summed E-state index contributed by atoms with van der Waals surface area (Å²) in [6, 6.07) is 0. The summed E-state index contributed by atoms with van der Waals surface area (Å²) in [4.78, 5) is 36.0. The molecule has 1 aliphatic rings. The van der Waals surface area contributed by atoms with Gasteiger partial charge in [0.25, 0.3) is 5.91 Å². The van der Waals surface area contributed by atoms with Crippen LogP contribution in [0.4, 0.5) is 0 Å². The zero-order chi connectivity index (χ0) is 23.0. The molecular weight excluding hydrogens is 433 g/mol. The number of hydrogen-bond acceptors (Lipinski definition) is 8. The SMILES string of the molecule is CC(=O)O[C@H]1C(=O)NCCC(=O)NCCSP(=O)(OCC[N+](C)(C)C)OCC1(C)C. The second kappa shape index (κ2) is 11.5. The molecule has 10 nitrogen and oxygen atoms in total. The van der Waals surface area contributed by atoms with Gasteiger partial charge in [0.2, 0.25) is 5.91 Å². The standard InChI is InChI=1S/C18H34N3O7PS/c1-14(22)28-16-17(24)20-8-7-15(23)19-9-12-30-29(25,27-13-18(16,2)3)26-11-10-21(4,5)6/h16H,7-13H2,1-6H3,(H-,19,20,23,24)/p+1/t16-,29?/m0/s1. The van der Waals surface area contributed by atoms with Gasteiger partial charge in [0, 0.05) is 37.6 Å². The number of quaternary nitrogens is 1.